The minimum absolute atomic E-state index is 0.0346. The summed E-state index contributed by atoms with van der Waals surface area (Å²) < 4.78 is 26.0. The second kappa shape index (κ2) is 12.0. The molecule has 0 aromatic heterocycles. The molecule has 7 nitrogen and oxygen atoms in total. The van der Waals surface area contributed by atoms with Gasteiger partial charge >= 0.3 is 0 Å². The van der Waals surface area contributed by atoms with E-state index >= 15 is 0 Å². The predicted molar refractivity (Wildman–Crippen MR) is 133 cm³/mol. The van der Waals surface area contributed by atoms with Gasteiger partial charge in [0.1, 0.15) is 12.6 Å². The van der Waals surface area contributed by atoms with Gasteiger partial charge in [-0.15, -0.1) is 0 Å². The van der Waals surface area contributed by atoms with Gasteiger partial charge in [-0.05, 0) is 56.5 Å². The van der Waals surface area contributed by atoms with E-state index in [1.54, 1.807) is 31.2 Å². The molecule has 0 bridgehead atoms. The predicted octanol–water partition coefficient (Wildman–Crippen LogP) is 3.48. The van der Waals surface area contributed by atoms with Gasteiger partial charge < -0.3 is 10.2 Å². The Kier molecular flexibility index (Phi) is 9.73. The molecule has 2 atom stereocenters. The first-order chi connectivity index (χ1) is 15.5. The minimum atomic E-state index is -3.75. The topological polar surface area (TPSA) is 86.8 Å². The number of amides is 2. The summed E-state index contributed by atoms with van der Waals surface area (Å²) in [6.45, 7) is 5.37. The number of hydrogen-bond donors (Lipinski definition) is 1. The number of nitrogens with one attached hydrogen (secondary N) is 1. The van der Waals surface area contributed by atoms with Gasteiger partial charge in [0.25, 0.3) is 0 Å². The number of hydrogen-bond acceptors (Lipinski definition) is 4. The van der Waals surface area contributed by atoms with E-state index in [4.69, 9.17) is 11.6 Å². The Morgan fingerprint density at radius 2 is 1.64 bits per heavy atom. The van der Waals surface area contributed by atoms with Crippen molar-refractivity contribution in [3.05, 3.63) is 65.2 Å². The molecule has 1 N–H and O–H groups in total. The molecule has 0 fully saturated rings. The Balaban J connectivity index is 2.29. The normalized spacial score (nSPS) is 13.1. The third kappa shape index (κ3) is 8.05. The number of nitrogens with zero attached hydrogens (tertiary/aromatic N) is 2. The molecule has 0 aliphatic rings. The van der Waals surface area contributed by atoms with Crippen molar-refractivity contribution >= 4 is 39.1 Å². The fourth-order valence-corrected chi connectivity index (χ4v) is 4.23. The van der Waals surface area contributed by atoms with Crippen LogP contribution in [0.4, 0.5) is 5.69 Å². The highest BCUT2D eigenvalue weighted by Gasteiger charge is 2.30. The van der Waals surface area contributed by atoms with E-state index in [2.05, 4.69) is 5.32 Å². The van der Waals surface area contributed by atoms with Crippen LogP contribution in [0.3, 0.4) is 0 Å². The van der Waals surface area contributed by atoms with Crippen LogP contribution >= 0.6 is 11.6 Å². The molecule has 2 unspecified atom stereocenters. The van der Waals surface area contributed by atoms with Gasteiger partial charge in [-0.3, -0.25) is 13.9 Å². The van der Waals surface area contributed by atoms with Crippen molar-refractivity contribution in [2.24, 2.45) is 0 Å². The van der Waals surface area contributed by atoms with Crippen LogP contribution in [0.15, 0.2) is 54.6 Å². The molecule has 0 aliphatic heterocycles. The Hall–Kier alpha value is -2.58. The van der Waals surface area contributed by atoms with E-state index < -0.39 is 28.5 Å². The summed E-state index contributed by atoms with van der Waals surface area (Å²) in [7, 11) is -3.75. The SMILES string of the molecule is CCC(C)NC(=O)C(C)N(CCc1ccccc1)C(=O)CN(c1ccc(Cl)cc1)S(C)(=O)=O. The van der Waals surface area contributed by atoms with E-state index in [1.807, 2.05) is 44.2 Å². The van der Waals surface area contributed by atoms with E-state index in [9.17, 15) is 18.0 Å². The van der Waals surface area contributed by atoms with Crippen LogP contribution in [0.2, 0.25) is 5.02 Å². The molecular weight excluding hydrogens is 462 g/mol. The number of sulfonamides is 1. The van der Waals surface area contributed by atoms with E-state index in [0.29, 0.717) is 17.1 Å². The quantitative estimate of drug-likeness (QED) is 0.519. The number of anilines is 1. The Morgan fingerprint density at radius 3 is 2.18 bits per heavy atom. The number of halogens is 1. The molecule has 0 saturated heterocycles. The summed E-state index contributed by atoms with van der Waals surface area (Å²) in [5, 5.41) is 3.36. The molecule has 2 aromatic rings. The first-order valence-corrected chi connectivity index (χ1v) is 13.1. The molecule has 2 rings (SSSR count). The average molecular weight is 494 g/mol. The van der Waals surface area contributed by atoms with Crippen LogP contribution in [-0.2, 0) is 26.0 Å². The van der Waals surface area contributed by atoms with Crippen molar-refractivity contribution in [2.75, 3.05) is 23.7 Å². The van der Waals surface area contributed by atoms with Crippen LogP contribution in [0.25, 0.3) is 0 Å². The van der Waals surface area contributed by atoms with Gasteiger partial charge in [0.15, 0.2) is 0 Å². The summed E-state index contributed by atoms with van der Waals surface area (Å²) in [4.78, 5) is 27.6. The van der Waals surface area contributed by atoms with Gasteiger partial charge in [0, 0.05) is 17.6 Å². The zero-order valence-electron chi connectivity index (χ0n) is 19.5. The van der Waals surface area contributed by atoms with Gasteiger partial charge in [-0.1, -0.05) is 48.9 Å². The molecule has 0 heterocycles. The highest BCUT2D eigenvalue weighted by molar-refractivity contribution is 7.92. The molecular formula is C24H32ClN3O4S. The summed E-state index contributed by atoms with van der Waals surface area (Å²) in [5.41, 5.74) is 1.34. The Bertz CT molecular complexity index is 1030. The lowest BCUT2D eigenvalue weighted by Crippen LogP contribution is -2.53. The van der Waals surface area contributed by atoms with Crippen LogP contribution in [0, 0.1) is 0 Å². The van der Waals surface area contributed by atoms with E-state index in [0.717, 1.165) is 22.5 Å². The zero-order valence-corrected chi connectivity index (χ0v) is 21.1. The Labute approximate surface area is 201 Å². The van der Waals surface area contributed by atoms with Gasteiger partial charge in [0.2, 0.25) is 21.8 Å². The van der Waals surface area contributed by atoms with Crippen molar-refractivity contribution < 1.29 is 18.0 Å². The van der Waals surface area contributed by atoms with Crippen molar-refractivity contribution in [1.29, 1.82) is 0 Å². The number of rotatable bonds is 11. The largest absolute Gasteiger partial charge is 0.352 e. The Morgan fingerprint density at radius 1 is 1.03 bits per heavy atom. The number of carbonyl (C=O) groups excluding carboxylic acids is 2. The molecule has 2 aromatic carbocycles. The monoisotopic (exact) mass is 493 g/mol. The smallest absolute Gasteiger partial charge is 0.244 e. The maximum atomic E-state index is 13.4. The first kappa shape index (κ1) is 26.7. The lowest BCUT2D eigenvalue weighted by atomic mass is 10.1. The third-order valence-corrected chi connectivity index (χ3v) is 6.84. The number of benzene rings is 2. The van der Waals surface area contributed by atoms with Crippen molar-refractivity contribution in [3.8, 4) is 0 Å². The summed E-state index contributed by atoms with van der Waals surface area (Å²) in [6.07, 6.45) is 2.34. The van der Waals surface area contributed by atoms with Crippen LogP contribution in [0.1, 0.15) is 32.8 Å². The van der Waals surface area contributed by atoms with E-state index in [1.165, 1.54) is 4.90 Å². The van der Waals surface area contributed by atoms with Gasteiger partial charge in [0.05, 0.1) is 11.9 Å². The molecule has 33 heavy (non-hydrogen) atoms. The molecule has 0 saturated carbocycles. The van der Waals surface area contributed by atoms with Crippen LogP contribution in [0.5, 0.6) is 0 Å². The molecule has 0 aliphatic carbocycles. The third-order valence-electron chi connectivity index (χ3n) is 5.45. The van der Waals surface area contributed by atoms with Gasteiger partial charge in [-0.25, -0.2) is 8.42 Å². The molecule has 2 amide bonds. The molecule has 0 spiro atoms. The summed E-state index contributed by atoms with van der Waals surface area (Å²) >= 11 is 5.93. The van der Waals surface area contributed by atoms with Crippen molar-refractivity contribution in [1.82, 2.24) is 10.2 Å². The number of carbonyl (C=O) groups is 2. The van der Waals surface area contributed by atoms with Crippen LogP contribution < -0.4 is 9.62 Å². The minimum Gasteiger partial charge on any atom is -0.352 e. The fourth-order valence-electron chi connectivity index (χ4n) is 3.26. The second-order valence-electron chi connectivity index (χ2n) is 8.06. The molecule has 9 heteroatoms. The average Bonchev–Trinajstić information content (AvgIpc) is 2.78. The first-order valence-electron chi connectivity index (χ1n) is 10.9. The maximum Gasteiger partial charge on any atom is 0.244 e. The standard InChI is InChI=1S/C24H32ClN3O4S/c1-5-18(2)26-24(30)19(3)27(16-15-20-9-7-6-8-10-20)23(29)17-28(33(4,31)32)22-13-11-21(25)12-14-22/h6-14,18-19H,5,15-17H2,1-4H3,(H,26,30). The highest BCUT2D eigenvalue weighted by Crippen LogP contribution is 2.21. The lowest BCUT2D eigenvalue weighted by molar-refractivity contribution is -0.139. The summed E-state index contributed by atoms with van der Waals surface area (Å²) in [5.74, 6) is -0.735. The summed E-state index contributed by atoms with van der Waals surface area (Å²) in [6, 6.07) is 15.0. The second-order valence-corrected chi connectivity index (χ2v) is 10.4. The van der Waals surface area contributed by atoms with Gasteiger partial charge in [-0.2, -0.15) is 0 Å². The highest BCUT2D eigenvalue weighted by atomic mass is 35.5. The van der Waals surface area contributed by atoms with Crippen molar-refractivity contribution in [3.63, 3.8) is 0 Å². The fraction of sp³-hybridized carbons (Fsp3) is 0.417. The molecule has 180 valence electrons. The molecule has 0 radical (unpaired) electrons. The maximum absolute atomic E-state index is 13.4. The lowest BCUT2D eigenvalue weighted by Gasteiger charge is -2.32. The van der Waals surface area contributed by atoms with Crippen molar-refractivity contribution in [2.45, 2.75) is 45.7 Å². The van der Waals surface area contributed by atoms with Crippen LogP contribution in [-0.4, -0.2) is 56.6 Å². The van der Waals surface area contributed by atoms with E-state index in [-0.39, 0.29) is 18.5 Å². The zero-order chi connectivity index (χ0) is 24.6.